The number of piperazine rings is 1. The van der Waals surface area contributed by atoms with Crippen LogP contribution in [0.15, 0.2) is 60.8 Å². The monoisotopic (exact) mass is 570 g/mol. The number of H-pyrrole nitrogens is 1. The van der Waals surface area contributed by atoms with Crippen LogP contribution >= 0.6 is 0 Å². The number of aldehydes is 1. The zero-order valence-corrected chi connectivity index (χ0v) is 25.1. The van der Waals surface area contributed by atoms with Crippen LogP contribution in [0.25, 0.3) is 27.8 Å². The van der Waals surface area contributed by atoms with Crippen molar-refractivity contribution in [3.05, 3.63) is 71.9 Å². The number of nitrogens with zero attached hydrogens (tertiary/aromatic N) is 3. The van der Waals surface area contributed by atoms with E-state index >= 15 is 0 Å². The zero-order valence-electron chi connectivity index (χ0n) is 25.1. The molecule has 9 nitrogen and oxygen atoms in total. The second-order valence-corrected chi connectivity index (χ2v) is 12.5. The average molecular weight is 571 g/mol. The van der Waals surface area contributed by atoms with Gasteiger partial charge in [0.05, 0.1) is 22.3 Å². The molecule has 1 amide bonds. The van der Waals surface area contributed by atoms with Crippen molar-refractivity contribution in [3.8, 4) is 16.9 Å². The van der Waals surface area contributed by atoms with E-state index in [1.807, 2.05) is 96.3 Å². The smallest absolute Gasteiger partial charge is 0.410 e. The van der Waals surface area contributed by atoms with Gasteiger partial charge in [0.25, 0.3) is 0 Å². The van der Waals surface area contributed by atoms with Crippen LogP contribution in [0.5, 0.6) is 0 Å². The van der Waals surface area contributed by atoms with Crippen molar-refractivity contribution in [2.75, 3.05) is 31.1 Å². The number of anilines is 1. The fourth-order valence-electron chi connectivity index (χ4n) is 5.26. The fourth-order valence-corrected chi connectivity index (χ4v) is 5.26. The summed E-state index contributed by atoms with van der Waals surface area (Å²) in [5.74, 6) is 0.333. The first-order chi connectivity index (χ1) is 19.9. The first-order valence-electron chi connectivity index (χ1n) is 14.2. The van der Waals surface area contributed by atoms with Crippen LogP contribution in [0.1, 0.15) is 62.3 Å². The molecule has 3 heterocycles. The Kier molecular flexibility index (Phi) is 7.62. The number of ether oxygens (including phenoxy) is 2. The Morgan fingerprint density at radius 2 is 1.55 bits per heavy atom. The summed E-state index contributed by atoms with van der Waals surface area (Å²) in [5, 5.41) is 0.825. The molecule has 2 aromatic heterocycles. The largest absolute Gasteiger partial charge is 0.456 e. The second-order valence-electron chi connectivity index (χ2n) is 12.5. The van der Waals surface area contributed by atoms with Crippen molar-refractivity contribution in [2.45, 2.75) is 52.7 Å². The number of para-hydroxylation sites is 1. The summed E-state index contributed by atoms with van der Waals surface area (Å²) in [6.07, 6.45) is 2.39. The van der Waals surface area contributed by atoms with E-state index < -0.39 is 17.2 Å². The van der Waals surface area contributed by atoms with Crippen LogP contribution in [0.2, 0.25) is 0 Å². The van der Waals surface area contributed by atoms with Crippen molar-refractivity contribution in [2.24, 2.45) is 0 Å². The molecule has 2 aromatic carbocycles. The normalized spacial score (nSPS) is 14.2. The first kappa shape index (κ1) is 29.0. The summed E-state index contributed by atoms with van der Waals surface area (Å²) in [6, 6.07) is 17.1. The van der Waals surface area contributed by atoms with Gasteiger partial charge in [0.15, 0.2) is 6.29 Å². The van der Waals surface area contributed by atoms with E-state index in [0.29, 0.717) is 37.3 Å². The lowest BCUT2D eigenvalue weighted by Crippen LogP contribution is -2.50. The number of benzene rings is 2. The number of nitrogens with one attached hydrogen (secondary N) is 1. The van der Waals surface area contributed by atoms with E-state index in [4.69, 9.17) is 9.47 Å². The summed E-state index contributed by atoms with van der Waals surface area (Å²) in [7, 11) is 0. The van der Waals surface area contributed by atoms with Crippen LogP contribution < -0.4 is 4.90 Å². The maximum atomic E-state index is 13.0. The molecule has 1 saturated heterocycles. The molecule has 42 heavy (non-hydrogen) atoms. The zero-order chi connectivity index (χ0) is 30.2. The number of esters is 1. The van der Waals surface area contributed by atoms with Gasteiger partial charge < -0.3 is 24.3 Å². The third kappa shape index (κ3) is 5.91. The number of rotatable bonds is 5. The highest BCUT2D eigenvalue weighted by Crippen LogP contribution is 2.39. The third-order valence-electron chi connectivity index (χ3n) is 7.00. The molecule has 0 saturated carbocycles. The molecule has 5 rings (SSSR count). The molecule has 9 heteroatoms. The minimum atomic E-state index is -0.632. The van der Waals surface area contributed by atoms with Crippen molar-refractivity contribution >= 4 is 35.1 Å². The molecule has 0 spiro atoms. The van der Waals surface area contributed by atoms with Crippen molar-refractivity contribution < 1.29 is 23.9 Å². The molecule has 4 aromatic rings. The van der Waals surface area contributed by atoms with Crippen molar-refractivity contribution in [3.63, 3.8) is 0 Å². The summed E-state index contributed by atoms with van der Waals surface area (Å²) in [4.78, 5) is 45.6. The number of carbonyl (C=O) groups excluding carboxylic acids is 3. The molecule has 0 unspecified atom stereocenters. The molecule has 1 fully saturated rings. The van der Waals surface area contributed by atoms with E-state index in [-0.39, 0.29) is 6.09 Å². The first-order valence-corrected chi connectivity index (χ1v) is 14.2. The molecule has 0 aliphatic carbocycles. The number of aromatic amines is 1. The molecule has 220 valence electrons. The minimum Gasteiger partial charge on any atom is -0.456 e. The topological polar surface area (TPSA) is 96.9 Å². The average Bonchev–Trinajstić information content (AvgIpc) is 3.57. The van der Waals surface area contributed by atoms with Crippen molar-refractivity contribution in [1.82, 2.24) is 14.5 Å². The molecule has 1 aliphatic heterocycles. The molecule has 0 atom stereocenters. The van der Waals surface area contributed by atoms with Gasteiger partial charge in [0.2, 0.25) is 0 Å². The third-order valence-corrected chi connectivity index (χ3v) is 7.00. The maximum absolute atomic E-state index is 13.0. The SMILES string of the molecule is CC(C)(C)OC(=O)c1ccc(-n2c(N3CCN(C(=O)OC(C)(C)C)CC3)c(C=O)c3ccccc32)c(-c2ccc[nH]2)c1. The molecular weight excluding hydrogens is 532 g/mol. The van der Waals surface area contributed by atoms with Crippen LogP contribution in [-0.2, 0) is 9.47 Å². The van der Waals surface area contributed by atoms with Crippen LogP contribution in [-0.4, -0.2) is 70.2 Å². The highest BCUT2D eigenvalue weighted by Gasteiger charge is 2.31. The van der Waals surface area contributed by atoms with Gasteiger partial charge in [-0.05, 0) is 77.9 Å². The molecule has 0 radical (unpaired) electrons. The molecular formula is C33H38N4O5. The lowest BCUT2D eigenvalue weighted by atomic mass is 10.0. The van der Waals surface area contributed by atoms with E-state index in [9.17, 15) is 14.4 Å². The Bertz CT molecular complexity index is 1610. The fraction of sp³-hybridized carbons (Fsp3) is 0.364. The summed E-state index contributed by atoms with van der Waals surface area (Å²) >= 11 is 0. The quantitative estimate of drug-likeness (QED) is 0.219. The van der Waals surface area contributed by atoms with Gasteiger partial charge in [0, 0.05) is 49.0 Å². The molecule has 1 N–H and O–H groups in total. The van der Waals surface area contributed by atoms with Gasteiger partial charge in [0.1, 0.15) is 17.0 Å². The van der Waals surface area contributed by atoms with E-state index in [0.717, 1.165) is 40.0 Å². The lowest BCUT2D eigenvalue weighted by molar-refractivity contribution is 0.00687. The Labute approximate surface area is 246 Å². The standard InChI is InChI=1S/C33H38N4O5/c1-32(2,3)41-30(39)22-13-14-28(24(20-22)26-11-9-15-34-26)37-27-12-8-7-10-23(27)25(21-38)29(37)35-16-18-36(19-17-35)31(40)42-33(4,5)6/h7-15,20-21,34H,16-19H2,1-6H3. The van der Waals surface area contributed by atoms with Crippen molar-refractivity contribution in [1.29, 1.82) is 0 Å². The van der Waals surface area contributed by atoms with E-state index in [1.165, 1.54) is 0 Å². The van der Waals surface area contributed by atoms with E-state index in [1.54, 1.807) is 11.0 Å². The summed E-state index contributed by atoms with van der Waals surface area (Å²) in [5.41, 5.74) is 3.07. The Morgan fingerprint density at radius 3 is 2.17 bits per heavy atom. The van der Waals surface area contributed by atoms with Gasteiger partial charge in [-0.3, -0.25) is 9.36 Å². The Morgan fingerprint density at radius 1 is 0.857 bits per heavy atom. The number of hydrogen-bond acceptors (Lipinski definition) is 6. The molecule has 1 aliphatic rings. The van der Waals surface area contributed by atoms with Crippen LogP contribution in [0.3, 0.4) is 0 Å². The Balaban J connectivity index is 1.62. The predicted octanol–water partition coefficient (Wildman–Crippen LogP) is 6.45. The maximum Gasteiger partial charge on any atom is 0.410 e. The van der Waals surface area contributed by atoms with Gasteiger partial charge in [-0.2, -0.15) is 0 Å². The number of hydrogen-bond donors (Lipinski definition) is 1. The highest BCUT2D eigenvalue weighted by atomic mass is 16.6. The number of carbonyl (C=O) groups is 3. The lowest BCUT2D eigenvalue weighted by Gasteiger charge is -2.37. The second kappa shape index (κ2) is 11.0. The predicted molar refractivity (Wildman–Crippen MR) is 164 cm³/mol. The number of amides is 1. The Hall–Kier alpha value is -4.53. The highest BCUT2D eigenvalue weighted by molar-refractivity contribution is 6.06. The van der Waals surface area contributed by atoms with Crippen LogP contribution in [0.4, 0.5) is 10.6 Å². The van der Waals surface area contributed by atoms with Gasteiger partial charge in [-0.25, -0.2) is 9.59 Å². The van der Waals surface area contributed by atoms with Gasteiger partial charge in [-0.1, -0.05) is 18.2 Å². The summed E-state index contributed by atoms with van der Waals surface area (Å²) < 4.78 is 13.3. The molecule has 0 bridgehead atoms. The number of fused-ring (bicyclic) bond motifs is 1. The summed E-state index contributed by atoms with van der Waals surface area (Å²) in [6.45, 7) is 13.0. The van der Waals surface area contributed by atoms with Gasteiger partial charge in [-0.15, -0.1) is 0 Å². The number of aromatic nitrogens is 2. The van der Waals surface area contributed by atoms with Gasteiger partial charge >= 0.3 is 12.1 Å². The van der Waals surface area contributed by atoms with Crippen LogP contribution in [0, 0.1) is 0 Å². The minimum absolute atomic E-state index is 0.343. The van der Waals surface area contributed by atoms with E-state index in [2.05, 4.69) is 14.5 Å².